The van der Waals surface area contributed by atoms with Crippen molar-refractivity contribution in [1.29, 1.82) is 0 Å². The number of nitrogens with zero attached hydrogens (tertiary/aromatic N) is 2. The lowest BCUT2D eigenvalue weighted by Crippen LogP contribution is -2.53. The summed E-state index contributed by atoms with van der Waals surface area (Å²) < 4.78 is 5.45. The van der Waals surface area contributed by atoms with E-state index in [1.807, 2.05) is 36.1 Å². The van der Waals surface area contributed by atoms with Crippen molar-refractivity contribution >= 4 is 17.6 Å². The first kappa shape index (κ1) is 15.8. The largest absolute Gasteiger partial charge is 0.368 e. The van der Waals surface area contributed by atoms with Crippen LogP contribution >= 0.6 is 0 Å². The fourth-order valence-corrected chi connectivity index (χ4v) is 3.03. The van der Waals surface area contributed by atoms with Gasteiger partial charge in [-0.1, -0.05) is 12.1 Å². The SMILES string of the molecule is Cc1cccc(NC(=O)N2CCN(C(=O)[C@@H]3CCCO3)CC2)c1. The van der Waals surface area contributed by atoms with Crippen LogP contribution in [-0.2, 0) is 9.53 Å². The molecule has 3 rings (SSSR count). The molecule has 0 spiro atoms. The predicted octanol–water partition coefficient (Wildman–Crippen LogP) is 1.85. The van der Waals surface area contributed by atoms with Crippen LogP contribution in [0.15, 0.2) is 24.3 Å². The number of carbonyl (C=O) groups is 2. The molecule has 23 heavy (non-hydrogen) atoms. The zero-order valence-electron chi connectivity index (χ0n) is 13.5. The first-order valence-corrected chi connectivity index (χ1v) is 8.16. The molecular formula is C17H23N3O3. The Morgan fingerprint density at radius 2 is 1.91 bits per heavy atom. The molecule has 124 valence electrons. The predicted molar refractivity (Wildman–Crippen MR) is 87.3 cm³/mol. The second kappa shape index (κ2) is 7.00. The van der Waals surface area contributed by atoms with Crippen LogP contribution in [0.4, 0.5) is 10.5 Å². The van der Waals surface area contributed by atoms with E-state index < -0.39 is 0 Å². The van der Waals surface area contributed by atoms with Crippen molar-refractivity contribution in [1.82, 2.24) is 9.80 Å². The summed E-state index contributed by atoms with van der Waals surface area (Å²) in [4.78, 5) is 28.1. The summed E-state index contributed by atoms with van der Waals surface area (Å²) in [6.07, 6.45) is 1.49. The van der Waals surface area contributed by atoms with Gasteiger partial charge in [0.15, 0.2) is 0 Å². The number of aryl methyl sites for hydroxylation is 1. The third-order valence-corrected chi connectivity index (χ3v) is 4.35. The fraction of sp³-hybridized carbons (Fsp3) is 0.529. The van der Waals surface area contributed by atoms with E-state index in [0.717, 1.165) is 24.1 Å². The lowest BCUT2D eigenvalue weighted by molar-refractivity contribution is -0.142. The van der Waals surface area contributed by atoms with E-state index in [4.69, 9.17) is 4.74 Å². The molecule has 6 heteroatoms. The van der Waals surface area contributed by atoms with E-state index in [2.05, 4.69) is 5.32 Å². The third kappa shape index (κ3) is 3.82. The summed E-state index contributed by atoms with van der Waals surface area (Å²) in [7, 11) is 0. The number of piperazine rings is 1. The van der Waals surface area contributed by atoms with Crippen molar-refractivity contribution in [2.75, 3.05) is 38.1 Å². The zero-order valence-corrected chi connectivity index (χ0v) is 13.5. The maximum atomic E-state index is 12.3. The summed E-state index contributed by atoms with van der Waals surface area (Å²) in [6, 6.07) is 7.62. The van der Waals surface area contributed by atoms with Gasteiger partial charge in [0.2, 0.25) is 0 Å². The number of hydrogen-bond acceptors (Lipinski definition) is 3. The normalized spacial score (nSPS) is 21.3. The molecular weight excluding hydrogens is 294 g/mol. The van der Waals surface area contributed by atoms with Gasteiger partial charge in [0.05, 0.1) is 0 Å². The highest BCUT2D eigenvalue weighted by atomic mass is 16.5. The van der Waals surface area contributed by atoms with Gasteiger partial charge < -0.3 is 19.9 Å². The minimum Gasteiger partial charge on any atom is -0.368 e. The zero-order chi connectivity index (χ0) is 16.2. The average Bonchev–Trinajstić information content (AvgIpc) is 3.09. The topological polar surface area (TPSA) is 61.9 Å². The number of benzene rings is 1. The summed E-state index contributed by atoms with van der Waals surface area (Å²) in [5, 5.41) is 2.91. The standard InChI is InChI=1S/C17H23N3O3/c1-13-4-2-5-14(12-13)18-17(22)20-9-7-19(8-10-20)16(21)15-6-3-11-23-15/h2,4-5,12,15H,3,6-11H2,1H3,(H,18,22)/t15-/m0/s1. The fourth-order valence-electron chi connectivity index (χ4n) is 3.03. The Morgan fingerprint density at radius 1 is 1.17 bits per heavy atom. The molecule has 0 bridgehead atoms. The van der Waals surface area contributed by atoms with Gasteiger partial charge in [-0.3, -0.25) is 4.79 Å². The lowest BCUT2D eigenvalue weighted by Gasteiger charge is -2.35. The second-order valence-electron chi connectivity index (χ2n) is 6.11. The van der Waals surface area contributed by atoms with E-state index in [-0.39, 0.29) is 18.0 Å². The molecule has 2 fully saturated rings. The van der Waals surface area contributed by atoms with Gasteiger partial charge in [0, 0.05) is 38.5 Å². The molecule has 0 saturated carbocycles. The van der Waals surface area contributed by atoms with Crippen LogP contribution in [0.1, 0.15) is 18.4 Å². The number of amides is 3. The molecule has 6 nitrogen and oxygen atoms in total. The molecule has 2 aliphatic rings. The highest BCUT2D eigenvalue weighted by molar-refractivity contribution is 5.89. The quantitative estimate of drug-likeness (QED) is 0.905. The number of anilines is 1. The minimum atomic E-state index is -0.275. The summed E-state index contributed by atoms with van der Waals surface area (Å²) in [5.74, 6) is 0.0706. The number of urea groups is 1. The van der Waals surface area contributed by atoms with E-state index in [9.17, 15) is 9.59 Å². The van der Waals surface area contributed by atoms with Crippen molar-refractivity contribution < 1.29 is 14.3 Å². The molecule has 0 aromatic heterocycles. The molecule has 1 aromatic carbocycles. The molecule has 1 aromatic rings. The number of carbonyl (C=O) groups excluding carboxylic acids is 2. The van der Waals surface area contributed by atoms with Crippen LogP contribution in [-0.4, -0.2) is 60.6 Å². The van der Waals surface area contributed by atoms with Crippen molar-refractivity contribution in [3.8, 4) is 0 Å². The third-order valence-electron chi connectivity index (χ3n) is 4.35. The van der Waals surface area contributed by atoms with Crippen molar-refractivity contribution in [2.45, 2.75) is 25.9 Å². The molecule has 0 unspecified atom stereocenters. The van der Waals surface area contributed by atoms with Gasteiger partial charge in [0.1, 0.15) is 6.10 Å². The molecule has 1 atom stereocenters. The first-order chi connectivity index (χ1) is 11.1. The molecule has 0 radical (unpaired) electrons. The molecule has 1 N–H and O–H groups in total. The Kier molecular flexibility index (Phi) is 4.81. The van der Waals surface area contributed by atoms with Crippen LogP contribution in [0, 0.1) is 6.92 Å². The smallest absolute Gasteiger partial charge is 0.321 e. The van der Waals surface area contributed by atoms with Crippen molar-refractivity contribution in [3.63, 3.8) is 0 Å². The van der Waals surface area contributed by atoms with Gasteiger partial charge in [-0.25, -0.2) is 4.79 Å². The van der Waals surface area contributed by atoms with Gasteiger partial charge in [0.25, 0.3) is 5.91 Å². The van der Waals surface area contributed by atoms with Gasteiger partial charge in [-0.15, -0.1) is 0 Å². The Bertz CT molecular complexity index is 576. The Hall–Kier alpha value is -2.08. The maximum absolute atomic E-state index is 12.3. The van der Waals surface area contributed by atoms with E-state index >= 15 is 0 Å². The van der Waals surface area contributed by atoms with Gasteiger partial charge in [-0.05, 0) is 37.5 Å². The van der Waals surface area contributed by atoms with Crippen LogP contribution < -0.4 is 5.32 Å². The van der Waals surface area contributed by atoms with Crippen molar-refractivity contribution in [3.05, 3.63) is 29.8 Å². The highest BCUT2D eigenvalue weighted by Crippen LogP contribution is 2.16. The van der Waals surface area contributed by atoms with Crippen LogP contribution in [0.5, 0.6) is 0 Å². The van der Waals surface area contributed by atoms with Gasteiger partial charge in [-0.2, -0.15) is 0 Å². The Balaban J connectivity index is 1.50. The molecule has 3 amide bonds. The van der Waals surface area contributed by atoms with Gasteiger partial charge >= 0.3 is 6.03 Å². The molecule has 2 heterocycles. The summed E-state index contributed by atoms with van der Waals surface area (Å²) >= 11 is 0. The summed E-state index contributed by atoms with van der Waals surface area (Å²) in [6.45, 7) is 4.91. The number of hydrogen-bond donors (Lipinski definition) is 1. The van der Waals surface area contributed by atoms with Crippen LogP contribution in [0.3, 0.4) is 0 Å². The number of ether oxygens (including phenoxy) is 1. The highest BCUT2D eigenvalue weighted by Gasteiger charge is 2.31. The number of nitrogens with one attached hydrogen (secondary N) is 1. The maximum Gasteiger partial charge on any atom is 0.321 e. The van der Waals surface area contributed by atoms with Crippen LogP contribution in [0.2, 0.25) is 0 Å². The Morgan fingerprint density at radius 3 is 2.57 bits per heavy atom. The monoisotopic (exact) mass is 317 g/mol. The van der Waals surface area contributed by atoms with E-state index in [0.29, 0.717) is 32.8 Å². The van der Waals surface area contributed by atoms with E-state index in [1.165, 1.54) is 0 Å². The molecule has 0 aliphatic carbocycles. The lowest BCUT2D eigenvalue weighted by atomic mass is 10.2. The van der Waals surface area contributed by atoms with Crippen molar-refractivity contribution in [2.24, 2.45) is 0 Å². The number of rotatable bonds is 2. The average molecular weight is 317 g/mol. The minimum absolute atomic E-state index is 0.0706. The Labute approximate surface area is 136 Å². The first-order valence-electron chi connectivity index (χ1n) is 8.16. The van der Waals surface area contributed by atoms with E-state index in [1.54, 1.807) is 4.90 Å². The molecule has 2 saturated heterocycles. The summed E-state index contributed by atoms with van der Waals surface area (Å²) in [5.41, 5.74) is 1.91. The van der Waals surface area contributed by atoms with Crippen LogP contribution in [0.25, 0.3) is 0 Å². The second-order valence-corrected chi connectivity index (χ2v) is 6.11. The molecule has 2 aliphatic heterocycles.